The maximum atomic E-state index is 11.7. The van der Waals surface area contributed by atoms with Gasteiger partial charge in [0.25, 0.3) is 0 Å². The minimum atomic E-state index is -0.365. The Hall–Kier alpha value is -1.88. The van der Waals surface area contributed by atoms with E-state index >= 15 is 0 Å². The van der Waals surface area contributed by atoms with Gasteiger partial charge in [-0.15, -0.1) is 11.3 Å². The van der Waals surface area contributed by atoms with E-state index in [0.717, 1.165) is 17.0 Å². The summed E-state index contributed by atoms with van der Waals surface area (Å²) in [6.07, 6.45) is 1.02. The van der Waals surface area contributed by atoms with Crippen LogP contribution >= 0.6 is 11.3 Å². The van der Waals surface area contributed by atoms with Gasteiger partial charge in [-0.25, -0.2) is 9.78 Å². The van der Waals surface area contributed by atoms with Crippen molar-refractivity contribution in [2.45, 2.75) is 27.2 Å². The van der Waals surface area contributed by atoms with Crippen LogP contribution in [0.5, 0.6) is 0 Å². The summed E-state index contributed by atoms with van der Waals surface area (Å²) in [6, 6.07) is 8.18. The summed E-state index contributed by atoms with van der Waals surface area (Å²) in [7, 11) is 0. The van der Waals surface area contributed by atoms with Crippen molar-refractivity contribution in [3.8, 4) is 0 Å². The van der Waals surface area contributed by atoms with E-state index in [2.05, 4.69) is 29.4 Å². The van der Waals surface area contributed by atoms with Crippen LogP contribution in [0.15, 0.2) is 24.3 Å². The third-order valence-electron chi connectivity index (χ3n) is 2.88. The largest absolute Gasteiger partial charge is 0.461 e. The van der Waals surface area contributed by atoms with E-state index < -0.39 is 0 Å². The Bertz CT molecular complexity index is 590. The van der Waals surface area contributed by atoms with Gasteiger partial charge < -0.3 is 10.1 Å². The van der Waals surface area contributed by atoms with Crippen LogP contribution in [-0.4, -0.2) is 17.6 Å². The first-order valence-electron chi connectivity index (χ1n) is 6.64. The average Bonchev–Trinajstić information content (AvgIpc) is 2.81. The third kappa shape index (κ3) is 3.36. The van der Waals surface area contributed by atoms with Crippen LogP contribution in [0.4, 0.5) is 10.8 Å². The van der Waals surface area contributed by atoms with Crippen molar-refractivity contribution < 1.29 is 9.53 Å². The summed E-state index contributed by atoms with van der Waals surface area (Å²) in [6.45, 7) is 6.14. The number of rotatable bonds is 5. The standard InChI is InChI=1S/C15H18N2O2S/c1-4-11-6-8-12(9-7-11)16-15-17-13(10(3)20-15)14(18)19-5-2/h6-9H,4-5H2,1-3H3,(H,16,17). The molecule has 106 valence electrons. The van der Waals surface area contributed by atoms with E-state index in [-0.39, 0.29) is 5.97 Å². The molecule has 0 atom stereocenters. The van der Waals surface area contributed by atoms with E-state index in [1.165, 1.54) is 16.9 Å². The normalized spacial score (nSPS) is 10.3. The zero-order valence-corrected chi connectivity index (χ0v) is 12.7. The lowest BCUT2D eigenvalue weighted by molar-refractivity contribution is 0.0519. The van der Waals surface area contributed by atoms with E-state index in [9.17, 15) is 4.79 Å². The fraction of sp³-hybridized carbons (Fsp3) is 0.333. The fourth-order valence-corrected chi connectivity index (χ4v) is 2.61. The summed E-state index contributed by atoms with van der Waals surface area (Å²) in [5.74, 6) is -0.365. The molecule has 0 saturated heterocycles. The molecule has 20 heavy (non-hydrogen) atoms. The van der Waals surface area contributed by atoms with E-state index in [0.29, 0.717) is 17.4 Å². The number of hydrogen-bond donors (Lipinski definition) is 1. The number of carbonyl (C=O) groups is 1. The highest BCUT2D eigenvalue weighted by molar-refractivity contribution is 7.15. The van der Waals surface area contributed by atoms with Gasteiger partial charge in [0.15, 0.2) is 10.8 Å². The number of carbonyl (C=O) groups excluding carboxylic acids is 1. The predicted molar refractivity (Wildman–Crippen MR) is 81.9 cm³/mol. The Balaban J connectivity index is 2.13. The SMILES string of the molecule is CCOC(=O)c1nc(Nc2ccc(CC)cc2)sc1C. The molecule has 0 amide bonds. The molecule has 5 heteroatoms. The van der Waals surface area contributed by atoms with Crippen LogP contribution in [0.25, 0.3) is 0 Å². The molecule has 0 bridgehead atoms. The van der Waals surface area contributed by atoms with Crippen LogP contribution in [0.3, 0.4) is 0 Å². The van der Waals surface area contributed by atoms with Gasteiger partial charge in [-0.3, -0.25) is 0 Å². The molecule has 0 aliphatic heterocycles. The van der Waals surface area contributed by atoms with E-state index in [1.807, 2.05) is 19.1 Å². The highest BCUT2D eigenvalue weighted by atomic mass is 32.1. The number of hydrogen-bond acceptors (Lipinski definition) is 5. The minimum Gasteiger partial charge on any atom is -0.461 e. The second-order valence-corrected chi connectivity index (χ2v) is 5.52. The first-order chi connectivity index (χ1) is 9.63. The van der Waals surface area contributed by atoms with Gasteiger partial charge in [0.05, 0.1) is 6.61 Å². The number of ether oxygens (including phenoxy) is 1. The Kier molecular flexibility index (Phi) is 4.74. The summed E-state index contributed by atoms with van der Waals surface area (Å²) in [5.41, 5.74) is 2.65. The second kappa shape index (κ2) is 6.52. The molecule has 4 nitrogen and oxygen atoms in total. The Labute approximate surface area is 122 Å². The maximum Gasteiger partial charge on any atom is 0.358 e. The smallest absolute Gasteiger partial charge is 0.358 e. The molecule has 2 aromatic rings. The summed E-state index contributed by atoms with van der Waals surface area (Å²) in [4.78, 5) is 16.9. The lowest BCUT2D eigenvalue weighted by Gasteiger charge is -2.03. The van der Waals surface area contributed by atoms with Gasteiger partial charge >= 0.3 is 5.97 Å². The number of esters is 1. The number of anilines is 2. The van der Waals surface area contributed by atoms with E-state index in [1.54, 1.807) is 6.92 Å². The molecule has 1 N–H and O–H groups in total. The second-order valence-electron chi connectivity index (χ2n) is 4.32. The van der Waals surface area contributed by atoms with Crippen LogP contribution in [0.1, 0.15) is 34.8 Å². The fourth-order valence-electron chi connectivity index (χ4n) is 1.79. The van der Waals surface area contributed by atoms with Crippen molar-refractivity contribution in [1.29, 1.82) is 0 Å². The predicted octanol–water partition coefficient (Wildman–Crippen LogP) is 3.93. The van der Waals surface area contributed by atoms with Crippen molar-refractivity contribution in [3.63, 3.8) is 0 Å². The van der Waals surface area contributed by atoms with Crippen molar-refractivity contribution in [2.24, 2.45) is 0 Å². The molecule has 0 saturated carbocycles. The Morgan fingerprint density at radius 1 is 1.30 bits per heavy atom. The number of nitrogens with zero attached hydrogens (tertiary/aromatic N) is 1. The van der Waals surface area contributed by atoms with E-state index in [4.69, 9.17) is 4.74 Å². The first kappa shape index (κ1) is 14.5. The molecule has 0 aliphatic carbocycles. The van der Waals surface area contributed by atoms with Crippen molar-refractivity contribution in [1.82, 2.24) is 4.98 Å². The summed E-state index contributed by atoms with van der Waals surface area (Å²) >= 11 is 1.45. The van der Waals surface area contributed by atoms with Crippen molar-refractivity contribution in [3.05, 3.63) is 40.4 Å². The number of thiazole rings is 1. The van der Waals surface area contributed by atoms with Gasteiger partial charge in [0.2, 0.25) is 0 Å². The molecule has 0 fully saturated rings. The molecular weight excluding hydrogens is 272 g/mol. The van der Waals surface area contributed by atoms with Gasteiger partial charge in [0.1, 0.15) is 0 Å². The monoisotopic (exact) mass is 290 g/mol. The summed E-state index contributed by atoms with van der Waals surface area (Å²) < 4.78 is 4.98. The number of benzene rings is 1. The average molecular weight is 290 g/mol. The molecule has 1 aromatic carbocycles. The molecule has 1 heterocycles. The van der Waals surface area contributed by atoms with Crippen molar-refractivity contribution in [2.75, 3.05) is 11.9 Å². The topological polar surface area (TPSA) is 51.2 Å². The minimum absolute atomic E-state index is 0.358. The molecular formula is C15H18N2O2S. The molecule has 0 radical (unpaired) electrons. The Morgan fingerprint density at radius 2 is 2.00 bits per heavy atom. The lowest BCUT2D eigenvalue weighted by Crippen LogP contribution is -2.06. The molecule has 0 aliphatic rings. The van der Waals surface area contributed by atoms with Crippen LogP contribution < -0.4 is 5.32 Å². The van der Waals surface area contributed by atoms with Gasteiger partial charge in [-0.2, -0.15) is 0 Å². The van der Waals surface area contributed by atoms with Gasteiger partial charge in [0, 0.05) is 10.6 Å². The highest BCUT2D eigenvalue weighted by Crippen LogP contribution is 2.26. The third-order valence-corrected chi connectivity index (χ3v) is 3.77. The Morgan fingerprint density at radius 3 is 2.60 bits per heavy atom. The highest BCUT2D eigenvalue weighted by Gasteiger charge is 2.16. The number of aromatic nitrogens is 1. The quantitative estimate of drug-likeness (QED) is 0.848. The van der Waals surface area contributed by atoms with Crippen LogP contribution in [0, 0.1) is 6.92 Å². The summed E-state index contributed by atoms with van der Waals surface area (Å²) in [5, 5.41) is 3.92. The molecule has 0 unspecified atom stereocenters. The number of aryl methyl sites for hydroxylation is 2. The molecule has 0 spiro atoms. The molecule has 1 aromatic heterocycles. The maximum absolute atomic E-state index is 11.7. The van der Waals surface area contributed by atoms with Gasteiger partial charge in [-0.05, 0) is 38.0 Å². The molecule has 2 rings (SSSR count). The van der Waals surface area contributed by atoms with Crippen molar-refractivity contribution >= 4 is 28.1 Å². The van der Waals surface area contributed by atoms with Crippen LogP contribution in [-0.2, 0) is 11.2 Å². The van der Waals surface area contributed by atoms with Gasteiger partial charge in [-0.1, -0.05) is 19.1 Å². The lowest BCUT2D eigenvalue weighted by atomic mass is 10.1. The zero-order chi connectivity index (χ0) is 14.5. The first-order valence-corrected chi connectivity index (χ1v) is 7.46. The number of nitrogens with one attached hydrogen (secondary N) is 1. The zero-order valence-electron chi connectivity index (χ0n) is 11.9. The van der Waals surface area contributed by atoms with Crippen LogP contribution in [0.2, 0.25) is 0 Å².